The first-order chi connectivity index (χ1) is 55.5. The van der Waals surface area contributed by atoms with Gasteiger partial charge in [-0.05, 0) is 116 Å². The summed E-state index contributed by atoms with van der Waals surface area (Å²) < 4.78 is 96.5. The van der Waals surface area contributed by atoms with E-state index in [-0.39, 0.29) is 23.2 Å². The highest BCUT2D eigenvalue weighted by Gasteiger charge is 2.71. The zero-order valence-corrected chi connectivity index (χ0v) is 67.1. The van der Waals surface area contributed by atoms with E-state index < -0.39 is 325 Å². The highest BCUT2D eigenvalue weighted by molar-refractivity contribution is 5.79. The van der Waals surface area contributed by atoms with Gasteiger partial charge in [-0.25, -0.2) is 0 Å². The van der Waals surface area contributed by atoms with Gasteiger partial charge in [0.05, 0.1) is 63.9 Å². The van der Waals surface area contributed by atoms with Gasteiger partial charge in [0.2, 0.25) is 6.29 Å². The number of hydrogen-bond acceptors (Lipinski definition) is 41. The van der Waals surface area contributed by atoms with Gasteiger partial charge in [-0.1, -0.05) is 60.1 Å². The van der Waals surface area contributed by atoms with Gasteiger partial charge in [-0.15, -0.1) is 0 Å². The standard InChI is InChI=1S/C77H126O41/c1-27-40(84)46(90)52(96)64(105-27)114-59-35(24-82)110-63(56(100)51(59)95)104-26-36-44(88)49(93)55(99)67(111-36)118-71(102)77-17-15-72(2,3)19-29(77)28-9-10-38-74(6)13-12-39(73(4,5)37(74)11-14-76(38,8)75(28,7)16-18-77)112-69-62(117-66-54(98)48(92)42(86)32(21-79)107-66)58(30(83)25-103-69)113-68-57(101)60(45(89)34(23-81)108-68)115-70-61(50(94)43(87)33(22-80)109-70)116-65-53(97)47(91)41(85)31(20-78)106-65/h9,27,29-70,78-101H,10-26H2,1-8H3/t27-,29-,30-,31+,32+,33+,34+,35+,36+,37-,38+,39-,40-,41+,42+,43+,44+,45+,46+,47-,48-,49-,50-,51+,52+,53+,54+,55+,56+,57+,58-,59+,60-,61+,62+,63+,64-,65-,66-,67-,68-,69-,70-,74-,75+,76+,77-/m0/s1. The highest BCUT2D eigenvalue weighted by atomic mass is 16.8. The molecule has 0 aromatic carbocycles. The summed E-state index contributed by atoms with van der Waals surface area (Å²) in [4.78, 5) is 15.5. The van der Waals surface area contributed by atoms with E-state index in [1.165, 1.54) is 6.92 Å². The van der Waals surface area contributed by atoms with Crippen LogP contribution in [0.1, 0.15) is 120 Å². The summed E-state index contributed by atoms with van der Waals surface area (Å²) in [7, 11) is 0. The maximum absolute atomic E-state index is 15.5. The van der Waals surface area contributed by atoms with Crippen molar-refractivity contribution in [3.05, 3.63) is 11.6 Å². The highest BCUT2D eigenvalue weighted by Crippen LogP contribution is 2.76. The third-order valence-corrected chi connectivity index (χ3v) is 29.4. The summed E-state index contributed by atoms with van der Waals surface area (Å²) in [5, 5.41) is 263. The molecule has 0 spiro atoms. The zero-order valence-electron chi connectivity index (χ0n) is 67.1. The number of fused-ring (bicyclic) bond motifs is 7. The summed E-state index contributed by atoms with van der Waals surface area (Å²) in [6.07, 6.45) is -64.2. The van der Waals surface area contributed by atoms with Crippen molar-refractivity contribution in [1.29, 1.82) is 0 Å². The normalized spacial score (nSPS) is 54.2. The second-order valence-corrected chi connectivity index (χ2v) is 37.1. The molecule has 118 heavy (non-hydrogen) atoms. The van der Waals surface area contributed by atoms with E-state index in [4.69, 9.17) is 75.8 Å². The average molecular weight is 1710 g/mol. The molecule has 680 valence electrons. The lowest BCUT2D eigenvalue weighted by molar-refractivity contribution is -0.403. The molecule has 24 N–H and O–H groups in total. The maximum atomic E-state index is 15.5. The Labute approximate surface area is 680 Å². The lowest BCUT2D eigenvalue weighted by atomic mass is 9.33. The monoisotopic (exact) mass is 1710 g/mol. The van der Waals surface area contributed by atoms with E-state index in [1.807, 2.05) is 0 Å². The third-order valence-electron chi connectivity index (χ3n) is 29.4. The molecule has 0 aromatic heterocycles. The first kappa shape index (κ1) is 93.3. The fraction of sp³-hybridized carbons (Fsp3) is 0.961. The van der Waals surface area contributed by atoms with Crippen LogP contribution >= 0.6 is 0 Å². The van der Waals surface area contributed by atoms with Crippen LogP contribution in [0, 0.1) is 50.2 Å². The number of esters is 1. The smallest absolute Gasteiger partial charge is 0.315 e. The number of hydrogen-bond donors (Lipinski definition) is 24. The number of allylic oxidation sites excluding steroid dienone is 2. The van der Waals surface area contributed by atoms with Crippen LogP contribution in [0.25, 0.3) is 0 Å². The Morgan fingerprint density at radius 1 is 0.398 bits per heavy atom. The lowest BCUT2D eigenvalue weighted by Gasteiger charge is -2.71. The van der Waals surface area contributed by atoms with Gasteiger partial charge in [-0.2, -0.15) is 0 Å². The molecule has 47 atom stereocenters. The molecule has 13 rings (SSSR count). The van der Waals surface area contributed by atoms with Gasteiger partial charge in [-0.3, -0.25) is 4.79 Å². The molecule has 8 aliphatic heterocycles. The van der Waals surface area contributed by atoms with E-state index >= 15 is 4.79 Å². The van der Waals surface area contributed by atoms with Crippen molar-refractivity contribution in [1.82, 2.24) is 0 Å². The maximum Gasteiger partial charge on any atom is 0.315 e. The van der Waals surface area contributed by atoms with Crippen LogP contribution < -0.4 is 0 Å². The second-order valence-electron chi connectivity index (χ2n) is 37.1. The van der Waals surface area contributed by atoms with Crippen molar-refractivity contribution in [3.63, 3.8) is 0 Å². The van der Waals surface area contributed by atoms with E-state index in [9.17, 15) is 123 Å². The number of ether oxygens (including phenoxy) is 16. The molecule has 0 amide bonds. The molecular weight excluding hydrogens is 1580 g/mol. The van der Waals surface area contributed by atoms with E-state index in [0.29, 0.717) is 64.2 Å². The lowest BCUT2D eigenvalue weighted by Crippen LogP contribution is -2.68. The Kier molecular flexibility index (Phi) is 28.5. The minimum Gasteiger partial charge on any atom is -0.432 e. The van der Waals surface area contributed by atoms with Gasteiger partial charge in [0.1, 0.15) is 183 Å². The predicted octanol–water partition coefficient (Wildman–Crippen LogP) is -9.07. The summed E-state index contributed by atoms with van der Waals surface area (Å²) >= 11 is 0. The summed E-state index contributed by atoms with van der Waals surface area (Å²) in [6.45, 7) is 10.9. The van der Waals surface area contributed by atoms with Crippen LogP contribution in [-0.4, -0.2) is 420 Å². The van der Waals surface area contributed by atoms with Crippen LogP contribution in [-0.2, 0) is 80.6 Å². The number of rotatable bonds is 22. The van der Waals surface area contributed by atoms with Crippen molar-refractivity contribution in [2.75, 3.05) is 46.2 Å². The van der Waals surface area contributed by atoms with Crippen LogP contribution in [0.4, 0.5) is 0 Å². The van der Waals surface area contributed by atoms with Crippen LogP contribution in [0.3, 0.4) is 0 Å². The Bertz CT molecular complexity index is 3360. The molecular formula is C77H126O41. The van der Waals surface area contributed by atoms with Gasteiger partial charge in [0, 0.05) is 0 Å². The quantitative estimate of drug-likeness (QED) is 0.0272. The Balaban J connectivity index is 0.715. The SMILES string of the molecule is C[C@@H]1O[C@@H](O[C@H]2[C@H](O)[C@@H](O)[C@H](OC[C@H]3O[C@@H](OC(=O)[C@]45CCC(C)(C)C[C@H]4C4=CC[C@@H]6[C@@]7(C)CC[C@H](O[C@@H]8OC[C@H](O)[C@H](O[C@@H]9O[C@H](CO)[C@@H](O)[C@H](O[C@@H]%10O[C@H](CO)[C@@H](O)[C@H](O)[C@H]%10O[C@@H]%10O[C@H](CO)[C@@H](O)[C@H](O)[C@H]%10O)[C@H]9O)[C@H]8O[C@@H]8O[C@H](CO)[C@@H](O)[C@H](O)[C@H]8O)C(C)(C)[C@@H]7CC[C@@]6(C)[C@]4(C)CC5)[C@H](O)[C@@H](O)[C@@H]3O)O[C@@H]2CO)[C@H](O)[C@H](O)[C@H]1O. The van der Waals surface area contributed by atoms with Crippen LogP contribution in [0.5, 0.6) is 0 Å². The predicted molar refractivity (Wildman–Crippen MR) is 386 cm³/mol. The van der Waals surface area contributed by atoms with E-state index in [1.54, 1.807) is 0 Å². The molecule has 41 nitrogen and oxygen atoms in total. The number of aliphatic hydroxyl groups is 24. The second kappa shape index (κ2) is 36.1. The summed E-state index contributed by atoms with van der Waals surface area (Å²) in [5.41, 5.74) is -2.36. The molecule has 0 radical (unpaired) electrons. The Morgan fingerprint density at radius 2 is 0.856 bits per heavy atom. The first-order valence-corrected chi connectivity index (χ1v) is 41.2. The third kappa shape index (κ3) is 16.6. The molecule has 4 saturated carbocycles. The first-order valence-electron chi connectivity index (χ1n) is 41.2. The molecule has 41 heteroatoms. The van der Waals surface area contributed by atoms with Gasteiger partial charge in [0.15, 0.2) is 44.0 Å². The molecule has 0 unspecified atom stereocenters. The van der Waals surface area contributed by atoms with E-state index in [0.717, 1.165) is 5.57 Å². The number of carbonyl (C=O) groups is 1. The molecule has 8 heterocycles. The van der Waals surface area contributed by atoms with Crippen molar-refractivity contribution >= 4 is 5.97 Å². The molecule has 0 aromatic rings. The largest absolute Gasteiger partial charge is 0.432 e. The summed E-state index contributed by atoms with van der Waals surface area (Å²) in [6, 6.07) is 0. The van der Waals surface area contributed by atoms with Crippen LogP contribution in [0.15, 0.2) is 11.6 Å². The minimum atomic E-state index is -2.23. The topological polar surface area (TPSA) is 650 Å². The van der Waals surface area contributed by atoms with Gasteiger partial charge in [0.25, 0.3) is 0 Å². The van der Waals surface area contributed by atoms with Crippen LogP contribution in [0.2, 0.25) is 0 Å². The molecule has 12 fully saturated rings. The fourth-order valence-corrected chi connectivity index (χ4v) is 22.0. The minimum absolute atomic E-state index is 0.0321. The molecule has 8 saturated heterocycles. The Hall–Kier alpha value is -2.35. The van der Waals surface area contributed by atoms with Crippen molar-refractivity contribution < 1.29 is 203 Å². The van der Waals surface area contributed by atoms with E-state index in [2.05, 4.69) is 54.5 Å². The van der Waals surface area contributed by atoms with Gasteiger partial charge >= 0.3 is 5.97 Å². The fourth-order valence-electron chi connectivity index (χ4n) is 22.0. The van der Waals surface area contributed by atoms with Crippen molar-refractivity contribution in [2.24, 2.45) is 50.2 Å². The zero-order chi connectivity index (χ0) is 86.0. The average Bonchev–Trinajstić information content (AvgIpc) is 0.673. The van der Waals surface area contributed by atoms with Gasteiger partial charge < -0.3 is 198 Å². The number of carbonyl (C=O) groups excluding carboxylic acids is 1. The molecule has 0 bridgehead atoms. The molecule has 13 aliphatic rings. The summed E-state index contributed by atoms with van der Waals surface area (Å²) in [5.74, 6) is -1.11. The van der Waals surface area contributed by atoms with Crippen molar-refractivity contribution in [3.8, 4) is 0 Å². The number of aliphatic hydroxyl groups excluding tert-OH is 24. The molecule has 5 aliphatic carbocycles. The van der Waals surface area contributed by atoms with Crippen molar-refractivity contribution in [2.45, 2.75) is 365 Å². The Morgan fingerprint density at radius 3 is 1.45 bits per heavy atom.